The Morgan fingerprint density at radius 3 is 2.27 bits per heavy atom. The molecule has 3 nitrogen and oxygen atoms in total. The van der Waals surface area contributed by atoms with E-state index >= 15 is 0 Å². The lowest BCUT2D eigenvalue weighted by atomic mass is 10.0. The summed E-state index contributed by atoms with van der Waals surface area (Å²) >= 11 is 0. The number of carbonyl (C=O) groups is 2. The molecular weight excluding hydrogens is 144 g/mol. The van der Waals surface area contributed by atoms with Gasteiger partial charge in [-0.3, -0.25) is 4.79 Å². The molecule has 0 spiro atoms. The van der Waals surface area contributed by atoms with Crippen LogP contribution in [0.2, 0.25) is 0 Å². The minimum Gasteiger partial charge on any atom is -0.469 e. The fourth-order valence-electron chi connectivity index (χ4n) is 0.931. The van der Waals surface area contributed by atoms with Crippen molar-refractivity contribution in [1.29, 1.82) is 0 Å². The zero-order valence-corrected chi connectivity index (χ0v) is 7.22. The minimum absolute atomic E-state index is 0.0972. The van der Waals surface area contributed by atoms with Gasteiger partial charge in [0, 0.05) is 12.8 Å². The van der Waals surface area contributed by atoms with Crippen LogP contribution >= 0.6 is 0 Å². The van der Waals surface area contributed by atoms with E-state index in [0.29, 0.717) is 12.8 Å². The predicted molar refractivity (Wildman–Crippen MR) is 41.1 cm³/mol. The molecule has 0 amide bonds. The molecular formula is C8H14O3. The Hall–Kier alpha value is -0.860. The average Bonchev–Trinajstić information content (AvgIpc) is 1.85. The van der Waals surface area contributed by atoms with Crippen LogP contribution in [0.3, 0.4) is 0 Å². The first-order chi connectivity index (χ1) is 5.06. The van der Waals surface area contributed by atoms with Crippen molar-refractivity contribution in [3.8, 4) is 0 Å². The highest BCUT2D eigenvalue weighted by molar-refractivity contribution is 5.77. The first kappa shape index (κ1) is 10.1. The van der Waals surface area contributed by atoms with Crippen LogP contribution in [0.15, 0.2) is 0 Å². The van der Waals surface area contributed by atoms with E-state index in [1.807, 2.05) is 6.92 Å². The van der Waals surface area contributed by atoms with Gasteiger partial charge in [0.1, 0.15) is 5.78 Å². The number of ether oxygens (including phenoxy) is 1. The number of hydrogen-bond donors (Lipinski definition) is 0. The number of ketones is 1. The molecule has 0 fully saturated rings. The van der Waals surface area contributed by atoms with Crippen LogP contribution in [0.5, 0.6) is 0 Å². The van der Waals surface area contributed by atoms with Gasteiger partial charge in [0.2, 0.25) is 0 Å². The molecule has 0 aliphatic carbocycles. The molecule has 0 N–H and O–H groups in total. The molecule has 1 atom stereocenters. The average molecular weight is 158 g/mol. The summed E-state index contributed by atoms with van der Waals surface area (Å²) in [5, 5.41) is 0. The maximum atomic E-state index is 10.7. The third-order valence-corrected chi connectivity index (χ3v) is 1.38. The molecule has 0 saturated carbocycles. The normalized spacial score (nSPS) is 12.3. The van der Waals surface area contributed by atoms with Crippen LogP contribution in [0.4, 0.5) is 0 Å². The first-order valence-corrected chi connectivity index (χ1v) is 3.62. The summed E-state index contributed by atoms with van der Waals surface area (Å²) in [4.78, 5) is 21.2. The van der Waals surface area contributed by atoms with Gasteiger partial charge in [-0.05, 0) is 12.8 Å². The fraction of sp³-hybridized carbons (Fsp3) is 0.750. The molecule has 11 heavy (non-hydrogen) atoms. The minimum atomic E-state index is -0.251. The van der Waals surface area contributed by atoms with Crippen LogP contribution in [0.1, 0.15) is 26.7 Å². The molecule has 0 unspecified atom stereocenters. The third-order valence-electron chi connectivity index (χ3n) is 1.38. The number of esters is 1. The molecule has 0 rings (SSSR count). The Bertz CT molecular complexity index is 151. The summed E-state index contributed by atoms with van der Waals surface area (Å²) in [5.74, 6) is -0.0416. The van der Waals surface area contributed by atoms with Crippen molar-refractivity contribution in [2.45, 2.75) is 26.7 Å². The van der Waals surface area contributed by atoms with Crippen molar-refractivity contribution in [3.05, 3.63) is 0 Å². The van der Waals surface area contributed by atoms with E-state index < -0.39 is 0 Å². The Balaban J connectivity index is 3.60. The Morgan fingerprint density at radius 2 is 1.91 bits per heavy atom. The van der Waals surface area contributed by atoms with Gasteiger partial charge in [0.15, 0.2) is 0 Å². The van der Waals surface area contributed by atoms with Crippen molar-refractivity contribution in [2.75, 3.05) is 7.11 Å². The second-order valence-electron chi connectivity index (χ2n) is 2.79. The van der Waals surface area contributed by atoms with E-state index in [0.717, 1.165) is 0 Å². The first-order valence-electron chi connectivity index (χ1n) is 3.62. The molecule has 3 heteroatoms. The molecule has 64 valence electrons. The number of methoxy groups -OCH3 is 1. The third kappa shape index (κ3) is 5.58. The monoisotopic (exact) mass is 158 g/mol. The smallest absolute Gasteiger partial charge is 0.305 e. The van der Waals surface area contributed by atoms with E-state index in [4.69, 9.17) is 0 Å². The molecule has 0 aliphatic heterocycles. The lowest BCUT2D eigenvalue weighted by molar-refractivity contribution is -0.141. The number of hydrogen-bond acceptors (Lipinski definition) is 3. The molecule has 0 saturated heterocycles. The van der Waals surface area contributed by atoms with Crippen LogP contribution in [-0.4, -0.2) is 18.9 Å². The van der Waals surface area contributed by atoms with Crippen LogP contribution in [0.25, 0.3) is 0 Å². The summed E-state index contributed by atoms with van der Waals surface area (Å²) in [5.41, 5.74) is 0. The second kappa shape index (κ2) is 4.88. The number of rotatable bonds is 4. The highest BCUT2D eigenvalue weighted by Gasteiger charge is 2.10. The summed E-state index contributed by atoms with van der Waals surface area (Å²) in [6, 6.07) is 0. The highest BCUT2D eigenvalue weighted by Crippen LogP contribution is 2.08. The summed E-state index contributed by atoms with van der Waals surface area (Å²) in [6.45, 7) is 3.38. The van der Waals surface area contributed by atoms with E-state index in [9.17, 15) is 9.59 Å². The lowest BCUT2D eigenvalue weighted by Crippen LogP contribution is -2.09. The van der Waals surface area contributed by atoms with Crippen molar-refractivity contribution in [2.24, 2.45) is 5.92 Å². The van der Waals surface area contributed by atoms with Gasteiger partial charge < -0.3 is 9.53 Å². The summed E-state index contributed by atoms with van der Waals surface area (Å²) in [6.07, 6.45) is 0.783. The van der Waals surface area contributed by atoms with E-state index in [1.165, 1.54) is 14.0 Å². The Morgan fingerprint density at radius 1 is 1.36 bits per heavy atom. The molecule has 0 aromatic rings. The van der Waals surface area contributed by atoms with E-state index in [-0.39, 0.29) is 17.7 Å². The summed E-state index contributed by atoms with van der Waals surface area (Å²) in [7, 11) is 1.35. The van der Waals surface area contributed by atoms with Crippen LogP contribution in [-0.2, 0) is 14.3 Å². The van der Waals surface area contributed by atoms with Crippen molar-refractivity contribution in [3.63, 3.8) is 0 Å². The van der Waals surface area contributed by atoms with Gasteiger partial charge in [-0.15, -0.1) is 0 Å². The SMILES string of the molecule is COC(=O)C[C@@H](C)CC(C)=O. The van der Waals surface area contributed by atoms with Crippen molar-refractivity contribution >= 4 is 11.8 Å². The van der Waals surface area contributed by atoms with Gasteiger partial charge in [-0.25, -0.2) is 0 Å². The molecule has 0 bridgehead atoms. The molecule has 0 aromatic heterocycles. The highest BCUT2D eigenvalue weighted by atomic mass is 16.5. The molecule has 0 radical (unpaired) electrons. The van der Waals surface area contributed by atoms with Gasteiger partial charge in [0.25, 0.3) is 0 Å². The van der Waals surface area contributed by atoms with Crippen LogP contribution in [0, 0.1) is 5.92 Å². The maximum absolute atomic E-state index is 10.7. The zero-order valence-electron chi connectivity index (χ0n) is 7.22. The maximum Gasteiger partial charge on any atom is 0.305 e. The predicted octanol–water partition coefficient (Wildman–Crippen LogP) is 1.16. The van der Waals surface area contributed by atoms with Gasteiger partial charge in [0.05, 0.1) is 7.11 Å². The fourth-order valence-corrected chi connectivity index (χ4v) is 0.931. The Kier molecular flexibility index (Phi) is 4.50. The van der Waals surface area contributed by atoms with Gasteiger partial charge in [-0.1, -0.05) is 6.92 Å². The topological polar surface area (TPSA) is 43.4 Å². The molecule has 0 aliphatic rings. The van der Waals surface area contributed by atoms with Crippen LogP contribution < -0.4 is 0 Å². The number of Topliss-reactive ketones (excluding diaryl/α,β-unsaturated/α-hetero) is 1. The van der Waals surface area contributed by atoms with Crippen molar-refractivity contribution < 1.29 is 14.3 Å². The van der Waals surface area contributed by atoms with Gasteiger partial charge >= 0.3 is 5.97 Å². The lowest BCUT2D eigenvalue weighted by Gasteiger charge is -2.05. The molecule has 0 aromatic carbocycles. The van der Waals surface area contributed by atoms with Gasteiger partial charge in [-0.2, -0.15) is 0 Å². The Labute approximate surface area is 66.7 Å². The molecule has 0 heterocycles. The van der Waals surface area contributed by atoms with E-state index in [2.05, 4.69) is 4.74 Å². The summed E-state index contributed by atoms with van der Waals surface area (Å²) < 4.78 is 4.45. The zero-order chi connectivity index (χ0) is 8.85. The van der Waals surface area contributed by atoms with Crippen molar-refractivity contribution in [1.82, 2.24) is 0 Å². The quantitative estimate of drug-likeness (QED) is 0.577. The second-order valence-corrected chi connectivity index (χ2v) is 2.79. The van der Waals surface area contributed by atoms with E-state index in [1.54, 1.807) is 0 Å². The largest absolute Gasteiger partial charge is 0.469 e. The number of carbonyl (C=O) groups excluding carboxylic acids is 2. The standard InChI is InChI=1S/C8H14O3/c1-6(4-7(2)9)5-8(10)11-3/h6H,4-5H2,1-3H3/t6-/m0/s1.